The summed E-state index contributed by atoms with van der Waals surface area (Å²) in [4.78, 5) is 31.2. The Morgan fingerprint density at radius 3 is 2.67 bits per heavy atom. The number of amides is 2. The minimum atomic E-state index is -0.0290. The molecule has 0 bridgehead atoms. The zero-order valence-electron chi connectivity index (χ0n) is 18.9. The molecule has 1 fully saturated rings. The van der Waals surface area contributed by atoms with Crippen molar-refractivity contribution in [1.29, 1.82) is 0 Å². The molecule has 0 radical (unpaired) electrons. The fraction of sp³-hybridized carbons (Fsp3) is 0.308. The van der Waals surface area contributed by atoms with Crippen LogP contribution < -0.4 is 0 Å². The maximum atomic E-state index is 13.6. The lowest BCUT2D eigenvalue weighted by molar-refractivity contribution is -0.134. The summed E-state index contributed by atoms with van der Waals surface area (Å²) < 4.78 is 7.68. The van der Waals surface area contributed by atoms with E-state index in [-0.39, 0.29) is 17.9 Å². The number of hydrogen-bond donors (Lipinski definition) is 0. The second-order valence-electron chi connectivity index (χ2n) is 8.73. The van der Waals surface area contributed by atoms with E-state index in [1.54, 1.807) is 17.6 Å². The van der Waals surface area contributed by atoms with Gasteiger partial charge in [-0.05, 0) is 43.0 Å². The van der Waals surface area contributed by atoms with Gasteiger partial charge in [-0.15, -0.1) is 11.3 Å². The van der Waals surface area contributed by atoms with Crippen molar-refractivity contribution in [3.8, 4) is 0 Å². The van der Waals surface area contributed by atoms with Crippen molar-refractivity contribution in [3.05, 3.63) is 81.9 Å². The summed E-state index contributed by atoms with van der Waals surface area (Å²) in [6.45, 7) is 6.23. The van der Waals surface area contributed by atoms with Crippen LogP contribution in [0.5, 0.6) is 0 Å². The standard InChI is InChI=1S/C26H27N3O3S/c1-18-5-7-20(8-6-18)17-29-23(14-21-9-12-32-26(21)29)25(31)27-10-11-28(19(2)16-27)24(30)15-22-4-3-13-33-22/h3-9,12-14,19H,10-11,15-17H2,1-2H3/t19-/m1/s1. The first-order chi connectivity index (χ1) is 16.0. The average Bonchev–Trinajstić information content (AvgIpc) is 3.54. The topological polar surface area (TPSA) is 58.7 Å². The summed E-state index contributed by atoms with van der Waals surface area (Å²) in [5.74, 6) is 0.100. The maximum Gasteiger partial charge on any atom is 0.270 e. The number of carbonyl (C=O) groups is 2. The van der Waals surface area contributed by atoms with Crippen LogP contribution in [0.3, 0.4) is 0 Å². The Hall–Kier alpha value is -3.32. The minimum absolute atomic E-state index is 0.0225. The molecule has 7 heteroatoms. The van der Waals surface area contributed by atoms with E-state index in [0.717, 1.165) is 15.8 Å². The van der Waals surface area contributed by atoms with Crippen LogP contribution in [-0.2, 0) is 17.8 Å². The molecule has 1 aliphatic rings. The van der Waals surface area contributed by atoms with E-state index in [2.05, 4.69) is 31.2 Å². The van der Waals surface area contributed by atoms with Crippen LogP contribution in [0.15, 0.2) is 64.6 Å². The number of nitrogens with zero attached hydrogens (tertiary/aromatic N) is 3. The van der Waals surface area contributed by atoms with E-state index >= 15 is 0 Å². The van der Waals surface area contributed by atoms with E-state index in [9.17, 15) is 9.59 Å². The normalized spacial score (nSPS) is 16.5. The van der Waals surface area contributed by atoms with Gasteiger partial charge in [0, 0.05) is 35.9 Å². The van der Waals surface area contributed by atoms with Gasteiger partial charge in [-0.1, -0.05) is 35.9 Å². The van der Waals surface area contributed by atoms with Gasteiger partial charge in [0.2, 0.25) is 11.6 Å². The minimum Gasteiger partial charge on any atom is -0.448 e. The molecule has 0 unspecified atom stereocenters. The molecule has 4 heterocycles. The summed E-state index contributed by atoms with van der Waals surface area (Å²) in [6, 6.07) is 16.0. The number of piperazine rings is 1. The first-order valence-corrected chi connectivity index (χ1v) is 12.1. The van der Waals surface area contributed by atoms with Gasteiger partial charge < -0.3 is 18.8 Å². The molecule has 1 aliphatic heterocycles. The van der Waals surface area contributed by atoms with Gasteiger partial charge in [0.15, 0.2) is 0 Å². The summed E-state index contributed by atoms with van der Waals surface area (Å²) in [7, 11) is 0. The lowest BCUT2D eigenvalue weighted by atomic mass is 10.1. The SMILES string of the molecule is Cc1ccc(Cn2c(C(=O)N3CCN(C(=O)Cc4cccs4)[C@H](C)C3)cc3ccoc32)cc1. The Kier molecular flexibility index (Phi) is 5.81. The van der Waals surface area contributed by atoms with Crippen LogP contribution in [0.2, 0.25) is 0 Å². The van der Waals surface area contributed by atoms with Gasteiger partial charge in [0.25, 0.3) is 5.91 Å². The molecule has 1 aromatic carbocycles. The summed E-state index contributed by atoms with van der Waals surface area (Å²) in [5, 5.41) is 2.91. The van der Waals surface area contributed by atoms with E-state index in [1.807, 2.05) is 50.9 Å². The molecule has 4 aromatic rings. The highest BCUT2D eigenvalue weighted by Gasteiger charge is 2.32. The van der Waals surface area contributed by atoms with E-state index < -0.39 is 0 Å². The van der Waals surface area contributed by atoms with Gasteiger partial charge >= 0.3 is 0 Å². The van der Waals surface area contributed by atoms with E-state index in [1.165, 1.54) is 5.56 Å². The average molecular weight is 462 g/mol. The van der Waals surface area contributed by atoms with Crippen LogP contribution >= 0.6 is 11.3 Å². The third kappa shape index (κ3) is 4.33. The molecule has 6 nitrogen and oxygen atoms in total. The van der Waals surface area contributed by atoms with Gasteiger partial charge in [0.05, 0.1) is 19.2 Å². The predicted molar refractivity (Wildman–Crippen MR) is 130 cm³/mol. The highest BCUT2D eigenvalue weighted by molar-refractivity contribution is 7.10. The van der Waals surface area contributed by atoms with Crippen molar-refractivity contribution in [2.45, 2.75) is 32.9 Å². The summed E-state index contributed by atoms with van der Waals surface area (Å²) in [5.41, 5.74) is 3.64. The zero-order valence-corrected chi connectivity index (χ0v) is 19.7. The second-order valence-corrected chi connectivity index (χ2v) is 9.76. The number of fused-ring (bicyclic) bond motifs is 1. The number of aromatic nitrogens is 1. The molecule has 5 rings (SSSR count). The molecule has 0 spiro atoms. The van der Waals surface area contributed by atoms with Crippen molar-refractivity contribution in [2.75, 3.05) is 19.6 Å². The Bertz CT molecular complexity index is 1270. The molecule has 3 aromatic heterocycles. The Morgan fingerprint density at radius 1 is 1.12 bits per heavy atom. The third-order valence-electron chi connectivity index (χ3n) is 6.32. The van der Waals surface area contributed by atoms with E-state index in [4.69, 9.17) is 4.42 Å². The van der Waals surface area contributed by atoms with Crippen molar-refractivity contribution in [1.82, 2.24) is 14.4 Å². The zero-order chi connectivity index (χ0) is 22.9. The lowest BCUT2D eigenvalue weighted by Crippen LogP contribution is -2.55. The van der Waals surface area contributed by atoms with Gasteiger partial charge in [0.1, 0.15) is 5.69 Å². The predicted octanol–water partition coefficient (Wildman–Crippen LogP) is 4.57. The first kappa shape index (κ1) is 21.5. The Morgan fingerprint density at radius 2 is 1.94 bits per heavy atom. The van der Waals surface area contributed by atoms with Crippen molar-refractivity contribution < 1.29 is 14.0 Å². The highest BCUT2D eigenvalue weighted by Crippen LogP contribution is 2.25. The summed E-state index contributed by atoms with van der Waals surface area (Å²) >= 11 is 1.60. The van der Waals surface area contributed by atoms with Gasteiger partial charge in [-0.25, -0.2) is 0 Å². The van der Waals surface area contributed by atoms with Crippen molar-refractivity contribution >= 4 is 34.3 Å². The van der Waals surface area contributed by atoms with Crippen LogP contribution in [0.1, 0.15) is 33.4 Å². The largest absolute Gasteiger partial charge is 0.448 e. The van der Waals surface area contributed by atoms with Gasteiger partial charge in [-0.2, -0.15) is 0 Å². The first-order valence-electron chi connectivity index (χ1n) is 11.2. The molecule has 170 valence electrons. The molecule has 1 atom stereocenters. The van der Waals surface area contributed by atoms with Gasteiger partial charge in [-0.3, -0.25) is 9.59 Å². The maximum absolute atomic E-state index is 13.6. The Balaban J connectivity index is 1.33. The van der Waals surface area contributed by atoms with Crippen LogP contribution in [0, 0.1) is 6.92 Å². The molecule has 0 aliphatic carbocycles. The molecule has 1 saturated heterocycles. The molecular weight excluding hydrogens is 434 g/mol. The van der Waals surface area contributed by atoms with Crippen molar-refractivity contribution in [2.24, 2.45) is 0 Å². The Labute approximate surface area is 197 Å². The summed E-state index contributed by atoms with van der Waals surface area (Å²) in [6.07, 6.45) is 2.08. The quantitative estimate of drug-likeness (QED) is 0.438. The van der Waals surface area contributed by atoms with Crippen LogP contribution in [0.4, 0.5) is 0 Å². The molecule has 0 saturated carbocycles. The fourth-order valence-electron chi connectivity index (χ4n) is 4.52. The van der Waals surface area contributed by atoms with Crippen LogP contribution in [-0.4, -0.2) is 51.9 Å². The highest BCUT2D eigenvalue weighted by atomic mass is 32.1. The number of furan rings is 1. The fourth-order valence-corrected chi connectivity index (χ4v) is 5.22. The lowest BCUT2D eigenvalue weighted by Gasteiger charge is -2.40. The number of hydrogen-bond acceptors (Lipinski definition) is 4. The third-order valence-corrected chi connectivity index (χ3v) is 7.20. The number of benzene rings is 1. The van der Waals surface area contributed by atoms with Crippen molar-refractivity contribution in [3.63, 3.8) is 0 Å². The smallest absolute Gasteiger partial charge is 0.270 e. The molecule has 33 heavy (non-hydrogen) atoms. The number of carbonyl (C=O) groups excluding carboxylic acids is 2. The molecule has 2 amide bonds. The number of rotatable bonds is 5. The molecule has 0 N–H and O–H groups in total. The van der Waals surface area contributed by atoms with Crippen LogP contribution in [0.25, 0.3) is 11.1 Å². The van der Waals surface area contributed by atoms with E-state index in [0.29, 0.717) is 44.0 Å². The molecular formula is C26H27N3O3S. The second kappa shape index (κ2) is 8.90. The monoisotopic (exact) mass is 461 g/mol. The number of aryl methyl sites for hydroxylation is 1. The number of thiophene rings is 1.